The van der Waals surface area contributed by atoms with E-state index in [4.69, 9.17) is 26.8 Å². The molecule has 5 nitrogen and oxygen atoms in total. The Labute approximate surface area is 139 Å². The third-order valence-corrected chi connectivity index (χ3v) is 3.59. The summed E-state index contributed by atoms with van der Waals surface area (Å²) in [7, 11) is 0. The maximum atomic E-state index is 12.5. The van der Waals surface area contributed by atoms with Crippen molar-refractivity contribution in [2.75, 3.05) is 0 Å². The summed E-state index contributed by atoms with van der Waals surface area (Å²) in [5.41, 5.74) is 6.92. The highest BCUT2D eigenvalue weighted by Crippen LogP contribution is 2.40. The second kappa shape index (κ2) is 6.76. The number of halogens is 1. The van der Waals surface area contributed by atoms with E-state index in [2.05, 4.69) is 0 Å². The lowest BCUT2D eigenvalue weighted by atomic mass is 9.83. The standard InChI is InChI=1S/C17H17ClN2O3/c1-9(2)22-17(21)14-10(3)23-16(20)13(8-19)15(14)11-5-4-6-12(18)7-11/h4-7,9,15H,20H2,1-3H3/t15-/m1/s1. The van der Waals surface area contributed by atoms with Gasteiger partial charge in [-0.15, -0.1) is 0 Å². The second-order valence-corrected chi connectivity index (χ2v) is 5.84. The predicted molar refractivity (Wildman–Crippen MR) is 86.0 cm³/mol. The van der Waals surface area contributed by atoms with E-state index in [1.54, 1.807) is 45.0 Å². The highest BCUT2D eigenvalue weighted by atomic mass is 35.5. The number of esters is 1. The Morgan fingerprint density at radius 2 is 2.17 bits per heavy atom. The third kappa shape index (κ3) is 3.49. The summed E-state index contributed by atoms with van der Waals surface area (Å²) < 4.78 is 10.7. The number of nitrogens with zero attached hydrogens (tertiary/aromatic N) is 1. The molecule has 1 aromatic carbocycles. The van der Waals surface area contributed by atoms with Crippen LogP contribution >= 0.6 is 11.6 Å². The zero-order valence-corrected chi connectivity index (χ0v) is 13.8. The van der Waals surface area contributed by atoms with Crippen molar-refractivity contribution in [3.63, 3.8) is 0 Å². The lowest BCUT2D eigenvalue weighted by molar-refractivity contribution is -0.143. The molecule has 0 aliphatic carbocycles. The number of allylic oxidation sites excluding steroid dienone is 2. The number of nitrogens with two attached hydrogens (primary N) is 1. The molecule has 1 aliphatic rings. The number of ether oxygens (including phenoxy) is 2. The largest absolute Gasteiger partial charge is 0.459 e. The van der Waals surface area contributed by atoms with Crippen molar-refractivity contribution in [1.29, 1.82) is 5.26 Å². The van der Waals surface area contributed by atoms with Crippen LogP contribution in [0.4, 0.5) is 0 Å². The van der Waals surface area contributed by atoms with Gasteiger partial charge < -0.3 is 15.2 Å². The Morgan fingerprint density at radius 1 is 1.48 bits per heavy atom. The number of benzene rings is 1. The Morgan fingerprint density at radius 3 is 2.74 bits per heavy atom. The average molecular weight is 333 g/mol. The minimum atomic E-state index is -0.668. The minimum Gasteiger partial charge on any atom is -0.459 e. The van der Waals surface area contributed by atoms with Gasteiger partial charge in [-0.2, -0.15) is 5.26 Å². The van der Waals surface area contributed by atoms with Gasteiger partial charge in [0, 0.05) is 5.02 Å². The number of nitriles is 1. The van der Waals surface area contributed by atoms with Crippen LogP contribution in [-0.4, -0.2) is 12.1 Å². The van der Waals surface area contributed by atoms with E-state index in [0.717, 1.165) is 0 Å². The average Bonchev–Trinajstić information content (AvgIpc) is 2.45. The van der Waals surface area contributed by atoms with E-state index in [-0.39, 0.29) is 23.1 Å². The Kier molecular flexibility index (Phi) is 4.97. The highest BCUT2D eigenvalue weighted by Gasteiger charge is 2.36. The van der Waals surface area contributed by atoms with E-state index >= 15 is 0 Å². The molecule has 0 spiro atoms. The molecule has 1 heterocycles. The highest BCUT2D eigenvalue weighted by molar-refractivity contribution is 6.30. The Balaban J connectivity index is 2.59. The monoisotopic (exact) mass is 332 g/mol. The molecule has 0 unspecified atom stereocenters. The molecule has 0 bridgehead atoms. The summed E-state index contributed by atoms with van der Waals surface area (Å²) in [6, 6.07) is 8.96. The normalized spacial score (nSPS) is 17.8. The smallest absolute Gasteiger partial charge is 0.338 e. The van der Waals surface area contributed by atoms with Crippen LogP contribution in [0.25, 0.3) is 0 Å². The van der Waals surface area contributed by atoms with Crippen molar-refractivity contribution in [3.05, 3.63) is 57.6 Å². The van der Waals surface area contributed by atoms with E-state index in [0.29, 0.717) is 16.3 Å². The lowest BCUT2D eigenvalue weighted by Gasteiger charge is -2.27. The van der Waals surface area contributed by atoms with Crippen LogP contribution in [0, 0.1) is 11.3 Å². The molecular formula is C17H17ClN2O3. The quantitative estimate of drug-likeness (QED) is 0.858. The molecule has 2 N–H and O–H groups in total. The van der Waals surface area contributed by atoms with Crippen LogP contribution in [0.15, 0.2) is 47.1 Å². The first kappa shape index (κ1) is 16.9. The molecule has 0 saturated heterocycles. The van der Waals surface area contributed by atoms with Crippen LogP contribution in [-0.2, 0) is 14.3 Å². The van der Waals surface area contributed by atoms with E-state index < -0.39 is 11.9 Å². The van der Waals surface area contributed by atoms with Crippen molar-refractivity contribution in [2.24, 2.45) is 5.73 Å². The fraction of sp³-hybridized carbons (Fsp3) is 0.294. The first-order chi connectivity index (χ1) is 10.8. The first-order valence-electron chi connectivity index (χ1n) is 7.10. The van der Waals surface area contributed by atoms with Crippen molar-refractivity contribution in [2.45, 2.75) is 32.8 Å². The van der Waals surface area contributed by atoms with Gasteiger partial charge in [0.05, 0.1) is 17.6 Å². The molecule has 1 aromatic rings. The SMILES string of the molecule is CC1=C(C(=O)OC(C)C)[C@H](c2cccc(Cl)c2)C(C#N)=C(N)O1. The zero-order valence-electron chi connectivity index (χ0n) is 13.1. The Hall–Kier alpha value is -2.45. The minimum absolute atomic E-state index is 0.0175. The van der Waals surface area contributed by atoms with Crippen LogP contribution in [0.1, 0.15) is 32.3 Å². The predicted octanol–water partition coefficient (Wildman–Crippen LogP) is 3.37. The van der Waals surface area contributed by atoms with Crippen LogP contribution in [0.2, 0.25) is 5.02 Å². The van der Waals surface area contributed by atoms with Gasteiger partial charge >= 0.3 is 5.97 Å². The molecule has 23 heavy (non-hydrogen) atoms. The van der Waals surface area contributed by atoms with Gasteiger partial charge in [-0.1, -0.05) is 23.7 Å². The van der Waals surface area contributed by atoms with Gasteiger partial charge in [-0.3, -0.25) is 0 Å². The van der Waals surface area contributed by atoms with Gasteiger partial charge in [0.1, 0.15) is 17.4 Å². The molecule has 0 saturated carbocycles. The molecule has 0 radical (unpaired) electrons. The molecular weight excluding hydrogens is 316 g/mol. The second-order valence-electron chi connectivity index (χ2n) is 5.40. The maximum absolute atomic E-state index is 12.5. The molecule has 0 aromatic heterocycles. The van der Waals surface area contributed by atoms with Gasteiger partial charge in [-0.25, -0.2) is 4.79 Å². The molecule has 2 rings (SSSR count). The van der Waals surface area contributed by atoms with Gasteiger partial charge in [-0.05, 0) is 38.5 Å². The molecule has 0 fully saturated rings. The number of carbonyl (C=O) groups is 1. The van der Waals surface area contributed by atoms with Crippen LogP contribution in [0.3, 0.4) is 0 Å². The maximum Gasteiger partial charge on any atom is 0.338 e. The van der Waals surface area contributed by atoms with Crippen LogP contribution < -0.4 is 5.73 Å². The molecule has 1 atom stereocenters. The van der Waals surface area contributed by atoms with E-state index in [9.17, 15) is 10.1 Å². The fourth-order valence-corrected chi connectivity index (χ4v) is 2.64. The Bertz CT molecular complexity index is 744. The molecule has 6 heteroatoms. The van der Waals surface area contributed by atoms with E-state index in [1.807, 2.05) is 6.07 Å². The summed E-state index contributed by atoms with van der Waals surface area (Å²) in [4.78, 5) is 12.5. The first-order valence-corrected chi connectivity index (χ1v) is 7.47. The van der Waals surface area contributed by atoms with Gasteiger partial charge in [0.2, 0.25) is 5.88 Å². The molecule has 0 amide bonds. The molecule has 120 valence electrons. The summed E-state index contributed by atoms with van der Waals surface area (Å²) >= 11 is 6.05. The zero-order chi connectivity index (χ0) is 17.1. The number of carbonyl (C=O) groups excluding carboxylic acids is 1. The topological polar surface area (TPSA) is 85.3 Å². The van der Waals surface area contributed by atoms with Crippen molar-refractivity contribution in [1.82, 2.24) is 0 Å². The van der Waals surface area contributed by atoms with Gasteiger partial charge in [0.15, 0.2) is 0 Å². The molecule has 1 aliphatic heterocycles. The lowest BCUT2D eigenvalue weighted by Crippen LogP contribution is -2.26. The number of hydrogen-bond donors (Lipinski definition) is 1. The van der Waals surface area contributed by atoms with Gasteiger partial charge in [0.25, 0.3) is 0 Å². The summed E-state index contributed by atoms with van der Waals surface area (Å²) in [5, 5.41) is 9.95. The summed E-state index contributed by atoms with van der Waals surface area (Å²) in [6.45, 7) is 5.12. The van der Waals surface area contributed by atoms with Crippen LogP contribution in [0.5, 0.6) is 0 Å². The summed E-state index contributed by atoms with van der Waals surface area (Å²) in [6.07, 6.45) is -0.295. The van der Waals surface area contributed by atoms with Crippen molar-refractivity contribution >= 4 is 17.6 Å². The van der Waals surface area contributed by atoms with Crippen molar-refractivity contribution < 1.29 is 14.3 Å². The number of hydrogen-bond acceptors (Lipinski definition) is 5. The summed E-state index contributed by atoms with van der Waals surface area (Å²) in [5.74, 6) is -0.908. The van der Waals surface area contributed by atoms with Crippen molar-refractivity contribution in [3.8, 4) is 6.07 Å². The fourth-order valence-electron chi connectivity index (χ4n) is 2.44. The number of rotatable bonds is 3. The van der Waals surface area contributed by atoms with E-state index in [1.165, 1.54) is 0 Å². The third-order valence-electron chi connectivity index (χ3n) is 3.35.